The molecule has 0 aromatic rings. The molecule has 0 aliphatic heterocycles. The van der Waals surface area contributed by atoms with Gasteiger partial charge in [-0.25, -0.2) is 5.84 Å². The largest absolute Gasteiger partial charge is 0.399 e. The van der Waals surface area contributed by atoms with Gasteiger partial charge in [0, 0.05) is 12.8 Å². The van der Waals surface area contributed by atoms with Crippen molar-refractivity contribution >= 4 is 0 Å². The van der Waals surface area contributed by atoms with E-state index in [0.29, 0.717) is 130 Å². The Hall–Kier alpha value is -1.10. The standard InChI is InChI=1S/C25H53N3O10/c1-24(2)23-38-20-19-37-18-17-36-16-15-35-14-13-34-12-11-33-10-9-32-8-7-31-6-5-30-4-3-28(27)21-25(26)22-29/h21,24,29H,3-20,22-23,26-27H2,1-2H3/b25-21-. The van der Waals surface area contributed by atoms with E-state index in [-0.39, 0.29) is 6.61 Å². The van der Waals surface area contributed by atoms with Gasteiger partial charge in [0.2, 0.25) is 0 Å². The molecule has 0 fully saturated rings. The van der Waals surface area contributed by atoms with Crippen molar-refractivity contribution in [1.29, 1.82) is 0 Å². The van der Waals surface area contributed by atoms with Crippen LogP contribution in [-0.2, 0) is 42.6 Å². The average molecular weight is 556 g/mol. The van der Waals surface area contributed by atoms with Crippen LogP contribution in [0, 0.1) is 5.92 Å². The second-order valence-corrected chi connectivity index (χ2v) is 8.47. The van der Waals surface area contributed by atoms with E-state index in [4.69, 9.17) is 59.3 Å². The van der Waals surface area contributed by atoms with E-state index >= 15 is 0 Å². The summed E-state index contributed by atoms with van der Waals surface area (Å²) in [6.45, 7) is 14.0. The first kappa shape index (κ1) is 36.9. The molecule has 228 valence electrons. The maximum absolute atomic E-state index is 8.81. The van der Waals surface area contributed by atoms with Gasteiger partial charge in [0.15, 0.2) is 0 Å². The monoisotopic (exact) mass is 555 g/mol. The average Bonchev–Trinajstić information content (AvgIpc) is 2.89. The Bertz CT molecular complexity index is 504. The van der Waals surface area contributed by atoms with E-state index in [2.05, 4.69) is 13.8 Å². The number of nitrogens with zero attached hydrogens (tertiary/aromatic N) is 1. The smallest absolute Gasteiger partial charge is 0.0840 e. The fourth-order valence-electron chi connectivity index (χ4n) is 2.57. The number of aliphatic hydroxyl groups excluding tert-OH is 1. The minimum absolute atomic E-state index is 0.230. The Morgan fingerprint density at radius 3 is 1.16 bits per heavy atom. The molecule has 0 saturated carbocycles. The van der Waals surface area contributed by atoms with Gasteiger partial charge in [-0.05, 0) is 5.92 Å². The van der Waals surface area contributed by atoms with Gasteiger partial charge in [-0.2, -0.15) is 0 Å². The summed E-state index contributed by atoms with van der Waals surface area (Å²) in [6, 6.07) is 0. The number of rotatable bonds is 31. The van der Waals surface area contributed by atoms with Gasteiger partial charge in [-0.15, -0.1) is 0 Å². The zero-order valence-electron chi connectivity index (χ0n) is 23.5. The highest BCUT2D eigenvalue weighted by Crippen LogP contribution is 1.92. The Morgan fingerprint density at radius 2 is 0.868 bits per heavy atom. The minimum Gasteiger partial charge on any atom is -0.399 e. The topological polar surface area (TPSA) is 159 Å². The maximum atomic E-state index is 8.81. The molecule has 13 nitrogen and oxygen atoms in total. The lowest BCUT2D eigenvalue weighted by Gasteiger charge is -2.14. The van der Waals surface area contributed by atoms with Gasteiger partial charge in [0.05, 0.1) is 131 Å². The third-order valence-electron chi connectivity index (χ3n) is 4.44. The second kappa shape index (κ2) is 30.4. The number of nitrogens with two attached hydrogens (primary N) is 2. The van der Waals surface area contributed by atoms with Crippen molar-refractivity contribution in [2.45, 2.75) is 13.8 Å². The summed E-state index contributed by atoms with van der Waals surface area (Å²) >= 11 is 0. The van der Waals surface area contributed by atoms with Crippen LogP contribution < -0.4 is 11.6 Å². The molecule has 0 aliphatic carbocycles. The fourth-order valence-corrected chi connectivity index (χ4v) is 2.57. The normalized spacial score (nSPS) is 12.1. The summed E-state index contributed by atoms with van der Waals surface area (Å²) in [7, 11) is 0. The summed E-state index contributed by atoms with van der Waals surface area (Å²) in [5.74, 6) is 6.21. The third-order valence-corrected chi connectivity index (χ3v) is 4.44. The molecule has 0 bridgehead atoms. The van der Waals surface area contributed by atoms with Crippen LogP contribution in [0.1, 0.15) is 13.8 Å². The van der Waals surface area contributed by atoms with Crippen LogP contribution in [0.25, 0.3) is 0 Å². The molecule has 0 aromatic carbocycles. The molecule has 5 N–H and O–H groups in total. The molecule has 0 rings (SSSR count). The first-order valence-corrected chi connectivity index (χ1v) is 13.3. The molecule has 0 aliphatic rings. The number of aliphatic hydroxyl groups is 1. The van der Waals surface area contributed by atoms with Crippen LogP contribution in [0.5, 0.6) is 0 Å². The van der Waals surface area contributed by atoms with Crippen LogP contribution in [-0.4, -0.2) is 142 Å². The quantitative estimate of drug-likeness (QED) is 0.0585. The van der Waals surface area contributed by atoms with Gasteiger partial charge < -0.3 is 58.5 Å². The van der Waals surface area contributed by atoms with Crippen molar-refractivity contribution in [3.63, 3.8) is 0 Å². The first-order valence-electron chi connectivity index (χ1n) is 13.3. The lowest BCUT2D eigenvalue weighted by molar-refractivity contribution is -0.0255. The molecule has 13 heteroatoms. The molecule has 0 atom stereocenters. The zero-order chi connectivity index (χ0) is 27.9. The predicted octanol–water partition coefficient (Wildman–Crippen LogP) is -0.240. The SMILES string of the molecule is CC(C)COCCOCCOCCOCCOCCOCCOCCOCCOCCN(N)/C=C(\N)CO. The van der Waals surface area contributed by atoms with Crippen molar-refractivity contribution < 1.29 is 47.7 Å². The van der Waals surface area contributed by atoms with Crippen LogP contribution in [0.3, 0.4) is 0 Å². The Labute approximate surface area is 228 Å². The lowest BCUT2D eigenvalue weighted by Crippen LogP contribution is -2.30. The van der Waals surface area contributed by atoms with E-state index in [0.717, 1.165) is 6.61 Å². The highest BCUT2D eigenvalue weighted by atomic mass is 16.6. The summed E-state index contributed by atoms with van der Waals surface area (Å²) in [4.78, 5) is 0. The second-order valence-electron chi connectivity index (χ2n) is 8.47. The van der Waals surface area contributed by atoms with E-state index in [9.17, 15) is 0 Å². The van der Waals surface area contributed by atoms with E-state index in [1.165, 1.54) is 11.2 Å². The number of hydrazine groups is 1. The molecule has 0 aromatic heterocycles. The van der Waals surface area contributed by atoms with Gasteiger partial charge in [-0.3, -0.25) is 0 Å². The van der Waals surface area contributed by atoms with Crippen molar-refractivity contribution in [3.05, 3.63) is 11.9 Å². The number of hydrogen-bond acceptors (Lipinski definition) is 13. The minimum atomic E-state index is -0.230. The van der Waals surface area contributed by atoms with E-state index in [1.54, 1.807) is 0 Å². The lowest BCUT2D eigenvalue weighted by atomic mass is 10.2. The molecule has 38 heavy (non-hydrogen) atoms. The van der Waals surface area contributed by atoms with Gasteiger partial charge in [0.1, 0.15) is 0 Å². The van der Waals surface area contributed by atoms with Gasteiger partial charge >= 0.3 is 0 Å². The van der Waals surface area contributed by atoms with Crippen LogP contribution in [0.4, 0.5) is 0 Å². The molecule has 0 unspecified atom stereocenters. The number of hydrogen-bond donors (Lipinski definition) is 3. The van der Waals surface area contributed by atoms with Gasteiger partial charge in [-0.1, -0.05) is 13.8 Å². The first-order chi connectivity index (χ1) is 18.6. The van der Waals surface area contributed by atoms with Crippen LogP contribution in [0.2, 0.25) is 0 Å². The Kier molecular flexibility index (Phi) is 29.6. The van der Waals surface area contributed by atoms with Crippen molar-refractivity contribution in [1.82, 2.24) is 5.01 Å². The Morgan fingerprint density at radius 1 is 0.579 bits per heavy atom. The maximum Gasteiger partial charge on any atom is 0.0840 e. The fraction of sp³-hybridized carbons (Fsp3) is 0.920. The van der Waals surface area contributed by atoms with Crippen molar-refractivity contribution in [2.75, 3.05) is 132 Å². The molecule has 0 spiro atoms. The van der Waals surface area contributed by atoms with E-state index < -0.39 is 0 Å². The highest BCUT2D eigenvalue weighted by molar-refractivity contribution is 4.94. The van der Waals surface area contributed by atoms with Crippen molar-refractivity contribution in [3.8, 4) is 0 Å². The predicted molar refractivity (Wildman–Crippen MR) is 142 cm³/mol. The molecule has 0 heterocycles. The van der Waals surface area contributed by atoms with Crippen LogP contribution in [0.15, 0.2) is 11.9 Å². The van der Waals surface area contributed by atoms with E-state index in [1.807, 2.05) is 0 Å². The van der Waals surface area contributed by atoms with Gasteiger partial charge in [0.25, 0.3) is 0 Å². The summed E-state index contributed by atoms with van der Waals surface area (Å²) in [5.41, 5.74) is 5.76. The summed E-state index contributed by atoms with van der Waals surface area (Å²) in [6.07, 6.45) is 1.47. The zero-order valence-corrected chi connectivity index (χ0v) is 23.5. The number of ether oxygens (including phenoxy) is 9. The summed E-state index contributed by atoms with van der Waals surface area (Å²) in [5, 5.41) is 10.2. The third kappa shape index (κ3) is 31.1. The highest BCUT2D eigenvalue weighted by Gasteiger charge is 1.98. The molecule has 0 radical (unpaired) electrons. The molecular formula is C25H53N3O10. The van der Waals surface area contributed by atoms with Crippen molar-refractivity contribution in [2.24, 2.45) is 17.5 Å². The van der Waals surface area contributed by atoms with Crippen LogP contribution >= 0.6 is 0 Å². The molecular weight excluding hydrogens is 502 g/mol. The molecule has 0 amide bonds. The Balaban J connectivity index is 3.11. The molecule has 0 saturated heterocycles. The summed E-state index contributed by atoms with van der Waals surface area (Å²) < 4.78 is 48.9.